The fraction of sp³-hybridized carbons (Fsp3) is 0.250. The molecule has 0 aliphatic carbocycles. The Morgan fingerprint density at radius 3 is 2.85 bits per heavy atom. The van der Waals surface area contributed by atoms with Crippen molar-refractivity contribution in [2.75, 3.05) is 18.2 Å². The van der Waals surface area contributed by atoms with Crippen molar-refractivity contribution in [1.82, 2.24) is 19.4 Å². The van der Waals surface area contributed by atoms with Crippen molar-refractivity contribution in [2.24, 2.45) is 0 Å². The largest absolute Gasteiger partial charge is 0.477 e. The van der Waals surface area contributed by atoms with Gasteiger partial charge in [-0.3, -0.25) is 9.00 Å². The molecular formula is C16H16FN5O3S. The molecule has 0 bridgehead atoms. The van der Waals surface area contributed by atoms with Crippen LogP contribution in [0, 0.1) is 12.7 Å². The van der Waals surface area contributed by atoms with Gasteiger partial charge in [0.15, 0.2) is 11.5 Å². The zero-order chi connectivity index (χ0) is 18.8. The Morgan fingerprint density at radius 2 is 2.15 bits per heavy atom. The van der Waals surface area contributed by atoms with E-state index in [0.717, 1.165) is 0 Å². The van der Waals surface area contributed by atoms with E-state index >= 15 is 0 Å². The van der Waals surface area contributed by atoms with Crippen LogP contribution in [0.3, 0.4) is 0 Å². The van der Waals surface area contributed by atoms with E-state index in [2.05, 4.69) is 20.3 Å². The number of fused-ring (bicyclic) bond motifs is 1. The Labute approximate surface area is 150 Å². The first-order chi connectivity index (χ1) is 12.4. The number of nitrogens with one attached hydrogen (secondary N) is 1. The minimum atomic E-state index is -1.41. The van der Waals surface area contributed by atoms with Crippen molar-refractivity contribution in [3.63, 3.8) is 0 Å². The summed E-state index contributed by atoms with van der Waals surface area (Å²) in [7, 11) is -1.41. The normalized spacial score (nSPS) is 12.2. The maximum Gasteiger partial charge on any atom is 0.262 e. The number of imidazole rings is 1. The van der Waals surface area contributed by atoms with Gasteiger partial charge in [-0.2, -0.15) is 4.98 Å². The molecule has 1 unspecified atom stereocenters. The van der Waals surface area contributed by atoms with Crippen LogP contribution in [0.2, 0.25) is 0 Å². The van der Waals surface area contributed by atoms with E-state index in [1.54, 1.807) is 26.2 Å². The smallest absolute Gasteiger partial charge is 0.262 e. The fourth-order valence-electron chi connectivity index (χ4n) is 2.34. The molecule has 0 aliphatic heterocycles. The van der Waals surface area contributed by atoms with E-state index < -0.39 is 22.5 Å². The van der Waals surface area contributed by atoms with Gasteiger partial charge < -0.3 is 14.5 Å². The van der Waals surface area contributed by atoms with Crippen LogP contribution in [0.25, 0.3) is 5.65 Å². The summed E-state index contributed by atoms with van der Waals surface area (Å²) in [6.07, 6.45) is 5.86. The summed E-state index contributed by atoms with van der Waals surface area (Å²) >= 11 is 0. The highest BCUT2D eigenvalue weighted by Crippen LogP contribution is 2.20. The summed E-state index contributed by atoms with van der Waals surface area (Å²) in [5.74, 6) is -1.11. The number of aryl methyl sites for hydroxylation is 1. The van der Waals surface area contributed by atoms with E-state index in [-0.39, 0.29) is 34.5 Å². The maximum absolute atomic E-state index is 14.1. The average molecular weight is 377 g/mol. The lowest BCUT2D eigenvalue weighted by Crippen LogP contribution is -2.16. The van der Waals surface area contributed by atoms with Crippen molar-refractivity contribution in [3.8, 4) is 5.88 Å². The van der Waals surface area contributed by atoms with Gasteiger partial charge in [0.05, 0.1) is 28.8 Å². The van der Waals surface area contributed by atoms with Crippen LogP contribution < -0.4 is 10.1 Å². The molecule has 3 aromatic rings. The van der Waals surface area contributed by atoms with E-state index in [9.17, 15) is 13.4 Å². The Kier molecular flexibility index (Phi) is 4.94. The molecule has 0 radical (unpaired) electrons. The standard InChI is InChI=1S/C16H16FN5O3S/c1-4-25-15-11(6-18-16(21-15)26(3)24)14(23)20-10-5-12(17)13-19-9(2)7-22(13)8-10/h5-8H,4H2,1-3H3,(H,20,23). The molecule has 0 saturated heterocycles. The van der Waals surface area contributed by atoms with Crippen molar-refractivity contribution in [3.05, 3.63) is 41.7 Å². The molecular weight excluding hydrogens is 361 g/mol. The van der Waals surface area contributed by atoms with E-state index in [1.807, 2.05) is 0 Å². The maximum atomic E-state index is 14.1. The van der Waals surface area contributed by atoms with Gasteiger partial charge >= 0.3 is 0 Å². The predicted molar refractivity (Wildman–Crippen MR) is 93.4 cm³/mol. The van der Waals surface area contributed by atoms with Gasteiger partial charge in [0.25, 0.3) is 5.91 Å². The number of aromatic nitrogens is 4. The third-order valence-corrected chi connectivity index (χ3v) is 4.11. The highest BCUT2D eigenvalue weighted by molar-refractivity contribution is 7.84. The molecule has 1 atom stereocenters. The topological polar surface area (TPSA) is 98.5 Å². The van der Waals surface area contributed by atoms with Gasteiger partial charge in [0.2, 0.25) is 11.0 Å². The second-order valence-electron chi connectivity index (χ2n) is 5.40. The van der Waals surface area contributed by atoms with Crippen molar-refractivity contribution < 1.29 is 18.1 Å². The first-order valence-corrected chi connectivity index (χ1v) is 9.24. The van der Waals surface area contributed by atoms with Gasteiger partial charge in [-0.1, -0.05) is 0 Å². The number of anilines is 1. The molecule has 3 heterocycles. The predicted octanol–water partition coefficient (Wildman–Crippen LogP) is 1.96. The molecule has 0 aromatic carbocycles. The number of ether oxygens (including phenoxy) is 1. The lowest BCUT2D eigenvalue weighted by atomic mass is 10.3. The summed E-state index contributed by atoms with van der Waals surface area (Å²) in [6.45, 7) is 3.74. The number of hydrogen-bond donors (Lipinski definition) is 1. The van der Waals surface area contributed by atoms with Crippen LogP contribution in [0.1, 0.15) is 23.0 Å². The van der Waals surface area contributed by atoms with E-state index in [4.69, 9.17) is 4.74 Å². The second-order valence-corrected chi connectivity index (χ2v) is 6.68. The van der Waals surface area contributed by atoms with Crippen LogP contribution in [0.5, 0.6) is 5.88 Å². The average Bonchev–Trinajstić information content (AvgIpc) is 2.96. The van der Waals surface area contributed by atoms with Crippen LogP contribution in [-0.2, 0) is 10.8 Å². The van der Waals surface area contributed by atoms with Gasteiger partial charge in [-0.15, -0.1) is 0 Å². The number of hydrogen-bond acceptors (Lipinski definition) is 6. The third kappa shape index (κ3) is 3.54. The lowest BCUT2D eigenvalue weighted by molar-refractivity contribution is 0.102. The van der Waals surface area contributed by atoms with Crippen LogP contribution in [0.4, 0.5) is 10.1 Å². The molecule has 8 nitrogen and oxygen atoms in total. The second kappa shape index (κ2) is 7.16. The SMILES string of the molecule is CCOc1nc(S(C)=O)ncc1C(=O)Nc1cc(F)c2nc(C)cn2c1. The zero-order valence-corrected chi connectivity index (χ0v) is 15.1. The molecule has 3 rings (SSSR count). The number of carbonyl (C=O) groups excluding carboxylic acids is 1. The number of carbonyl (C=O) groups is 1. The Bertz CT molecular complexity index is 1020. The molecule has 0 saturated carbocycles. The van der Waals surface area contributed by atoms with Gasteiger partial charge in [0, 0.05) is 30.9 Å². The summed E-state index contributed by atoms with van der Waals surface area (Å²) in [6, 6.07) is 1.18. The fourth-order valence-corrected chi connectivity index (χ4v) is 2.75. The molecule has 136 valence electrons. The summed E-state index contributed by atoms with van der Waals surface area (Å²) in [5, 5.41) is 2.65. The Hall–Kier alpha value is -2.88. The molecule has 26 heavy (non-hydrogen) atoms. The van der Waals surface area contributed by atoms with E-state index in [1.165, 1.54) is 22.9 Å². The van der Waals surface area contributed by atoms with Crippen LogP contribution in [-0.4, -0.2) is 42.3 Å². The van der Waals surface area contributed by atoms with Gasteiger partial charge in [-0.25, -0.2) is 14.4 Å². The number of amides is 1. The molecule has 0 spiro atoms. The number of halogens is 1. The molecule has 10 heteroatoms. The van der Waals surface area contributed by atoms with E-state index in [0.29, 0.717) is 5.69 Å². The highest BCUT2D eigenvalue weighted by Gasteiger charge is 2.18. The summed E-state index contributed by atoms with van der Waals surface area (Å²) in [4.78, 5) is 24.5. The summed E-state index contributed by atoms with van der Waals surface area (Å²) < 4.78 is 32.5. The zero-order valence-electron chi connectivity index (χ0n) is 14.3. The first kappa shape index (κ1) is 17.9. The minimum absolute atomic E-state index is 0.0187. The minimum Gasteiger partial charge on any atom is -0.477 e. The quantitative estimate of drug-likeness (QED) is 0.683. The van der Waals surface area contributed by atoms with Crippen LogP contribution >= 0.6 is 0 Å². The Balaban J connectivity index is 1.93. The first-order valence-electron chi connectivity index (χ1n) is 7.68. The van der Waals surface area contributed by atoms with Crippen molar-refractivity contribution in [1.29, 1.82) is 0 Å². The monoisotopic (exact) mass is 377 g/mol. The number of nitrogens with zero attached hydrogens (tertiary/aromatic N) is 4. The molecule has 0 fully saturated rings. The lowest BCUT2D eigenvalue weighted by Gasteiger charge is -2.10. The van der Waals surface area contributed by atoms with Gasteiger partial charge in [0.1, 0.15) is 5.56 Å². The van der Waals surface area contributed by atoms with Gasteiger partial charge in [-0.05, 0) is 13.8 Å². The van der Waals surface area contributed by atoms with Crippen molar-refractivity contribution >= 4 is 28.0 Å². The molecule has 1 N–H and O–H groups in total. The third-order valence-electron chi connectivity index (χ3n) is 3.40. The van der Waals surface area contributed by atoms with Crippen molar-refractivity contribution in [2.45, 2.75) is 19.0 Å². The highest BCUT2D eigenvalue weighted by atomic mass is 32.2. The molecule has 1 amide bonds. The number of rotatable bonds is 5. The van der Waals surface area contributed by atoms with Crippen LogP contribution in [0.15, 0.2) is 29.8 Å². The number of pyridine rings is 1. The molecule has 3 aromatic heterocycles. The summed E-state index contributed by atoms with van der Waals surface area (Å²) in [5.41, 5.74) is 1.13. The molecule has 0 aliphatic rings. The Morgan fingerprint density at radius 1 is 1.38 bits per heavy atom.